The van der Waals surface area contributed by atoms with Gasteiger partial charge in [-0.25, -0.2) is 4.79 Å². The van der Waals surface area contributed by atoms with Crippen molar-refractivity contribution in [2.24, 2.45) is 5.73 Å². The zero-order chi connectivity index (χ0) is 9.84. The molecule has 0 bridgehead atoms. The molecule has 1 rings (SSSR count). The summed E-state index contributed by atoms with van der Waals surface area (Å²) in [5.41, 5.74) is 6.05. The smallest absolute Gasteiger partial charge is 1.00 e. The minimum Gasteiger partial charge on any atom is -1.00 e. The van der Waals surface area contributed by atoms with Crippen molar-refractivity contribution in [3.8, 4) is 0 Å². The molecule has 0 fully saturated rings. The molecule has 2 N–H and O–H groups in total. The van der Waals surface area contributed by atoms with Gasteiger partial charge in [-0.2, -0.15) is 0 Å². The van der Waals surface area contributed by atoms with Crippen LogP contribution in [0.4, 0.5) is 0 Å². The van der Waals surface area contributed by atoms with E-state index in [1.807, 2.05) is 0 Å². The summed E-state index contributed by atoms with van der Waals surface area (Å²) in [6, 6.07) is 0. The van der Waals surface area contributed by atoms with E-state index >= 15 is 0 Å². The number of methoxy groups -OCH3 is 1. The fourth-order valence-corrected chi connectivity index (χ4v) is 1.53. The molecule has 0 heterocycles. The molecule has 0 aromatic carbocycles. The number of hydrogen-bond acceptors (Lipinski definition) is 3. The van der Waals surface area contributed by atoms with Gasteiger partial charge in [0.1, 0.15) is 0 Å². The molecule has 0 saturated heterocycles. The Morgan fingerprint density at radius 2 is 1.79 bits per heavy atom. The maximum absolute atomic E-state index is 11.2. The van der Waals surface area contributed by atoms with Crippen LogP contribution in [0.3, 0.4) is 0 Å². The Bertz CT molecular complexity index is 279. The van der Waals surface area contributed by atoms with Gasteiger partial charge in [-0.15, -0.1) is 0 Å². The topological polar surface area (TPSA) is 69.4 Å². The third kappa shape index (κ3) is 3.47. The van der Waals surface area contributed by atoms with E-state index in [0.29, 0.717) is 24.0 Å². The third-order valence-electron chi connectivity index (χ3n) is 2.20. The van der Waals surface area contributed by atoms with E-state index in [1.165, 1.54) is 7.11 Å². The molecule has 0 aromatic rings. The van der Waals surface area contributed by atoms with E-state index < -0.39 is 11.9 Å². The normalized spacial score (nSPS) is 15.8. The van der Waals surface area contributed by atoms with Crippen LogP contribution in [0.25, 0.3) is 0 Å². The Labute approximate surface area is 127 Å². The van der Waals surface area contributed by atoms with Gasteiger partial charge in [0, 0.05) is 11.1 Å². The molecule has 5 heteroatoms. The fourth-order valence-electron chi connectivity index (χ4n) is 1.53. The van der Waals surface area contributed by atoms with Gasteiger partial charge in [0.25, 0.3) is 0 Å². The van der Waals surface area contributed by atoms with Gasteiger partial charge in [0.05, 0.1) is 7.11 Å². The molecule has 0 aromatic heterocycles. The molecule has 0 unspecified atom stereocenters. The molecular formula is C9H14KNO3. The van der Waals surface area contributed by atoms with Crippen LogP contribution < -0.4 is 57.1 Å². The van der Waals surface area contributed by atoms with E-state index in [2.05, 4.69) is 4.74 Å². The van der Waals surface area contributed by atoms with Gasteiger partial charge >= 0.3 is 57.4 Å². The summed E-state index contributed by atoms with van der Waals surface area (Å²) in [6.07, 6.45) is 3.03. The quantitative estimate of drug-likeness (QED) is 0.420. The molecule has 0 aliphatic heterocycles. The average Bonchev–Trinajstić information content (AvgIpc) is 2.16. The summed E-state index contributed by atoms with van der Waals surface area (Å²) in [4.78, 5) is 22.1. The first kappa shape index (κ1) is 14.3. The number of amides is 1. The number of rotatable bonds is 2. The van der Waals surface area contributed by atoms with Crippen molar-refractivity contribution in [3.05, 3.63) is 11.1 Å². The van der Waals surface area contributed by atoms with Crippen LogP contribution in [0.15, 0.2) is 11.1 Å². The Kier molecular flexibility index (Phi) is 6.89. The summed E-state index contributed by atoms with van der Waals surface area (Å²) in [5, 5.41) is 0. The summed E-state index contributed by atoms with van der Waals surface area (Å²) >= 11 is 0. The van der Waals surface area contributed by atoms with E-state index in [0.717, 1.165) is 12.8 Å². The van der Waals surface area contributed by atoms with Gasteiger partial charge in [0.15, 0.2) is 0 Å². The largest absolute Gasteiger partial charge is 1.00 e. The molecule has 1 aliphatic rings. The monoisotopic (exact) mass is 223 g/mol. The molecule has 0 atom stereocenters. The van der Waals surface area contributed by atoms with E-state index in [-0.39, 0.29) is 52.8 Å². The Morgan fingerprint density at radius 1 is 1.29 bits per heavy atom. The summed E-state index contributed by atoms with van der Waals surface area (Å²) < 4.78 is 4.57. The standard InChI is InChI=1S/C9H13NO3.K.H/c1-13-9(12)7-5-3-2-4-6(7)8(10)11;;/h2-5H2,1H3,(H2,10,11);;/q;+1;-1. The van der Waals surface area contributed by atoms with Gasteiger partial charge in [-0.3, -0.25) is 4.79 Å². The van der Waals surface area contributed by atoms with Crippen LogP contribution in [-0.2, 0) is 14.3 Å². The molecule has 4 nitrogen and oxygen atoms in total. The summed E-state index contributed by atoms with van der Waals surface area (Å²) in [7, 11) is 1.31. The van der Waals surface area contributed by atoms with Crippen molar-refractivity contribution in [3.63, 3.8) is 0 Å². The van der Waals surface area contributed by atoms with Crippen molar-refractivity contribution in [2.75, 3.05) is 7.11 Å². The van der Waals surface area contributed by atoms with Crippen LogP contribution in [-0.4, -0.2) is 19.0 Å². The van der Waals surface area contributed by atoms with Gasteiger partial charge in [0.2, 0.25) is 5.91 Å². The Balaban J connectivity index is 0. The second kappa shape index (κ2) is 6.74. The van der Waals surface area contributed by atoms with Crippen LogP contribution in [0.2, 0.25) is 0 Å². The third-order valence-corrected chi connectivity index (χ3v) is 2.20. The van der Waals surface area contributed by atoms with Gasteiger partial charge in [-0.1, -0.05) is 0 Å². The molecular weight excluding hydrogens is 209 g/mol. The summed E-state index contributed by atoms with van der Waals surface area (Å²) in [6.45, 7) is 0. The Morgan fingerprint density at radius 3 is 2.21 bits per heavy atom. The van der Waals surface area contributed by atoms with E-state index in [1.54, 1.807) is 0 Å². The number of nitrogens with two attached hydrogens (primary N) is 1. The van der Waals surface area contributed by atoms with Crippen LogP contribution in [0.5, 0.6) is 0 Å². The number of ether oxygens (including phenoxy) is 1. The first-order valence-corrected chi connectivity index (χ1v) is 4.27. The molecule has 74 valence electrons. The molecule has 14 heavy (non-hydrogen) atoms. The number of hydrogen-bond donors (Lipinski definition) is 1. The van der Waals surface area contributed by atoms with E-state index in [4.69, 9.17) is 5.73 Å². The number of primary amides is 1. The maximum Gasteiger partial charge on any atom is 1.00 e. The molecule has 1 aliphatic carbocycles. The first-order chi connectivity index (χ1) is 6.16. The van der Waals surface area contributed by atoms with Crippen LogP contribution in [0, 0.1) is 0 Å². The maximum atomic E-state index is 11.2. The van der Waals surface area contributed by atoms with Crippen molar-refractivity contribution in [1.29, 1.82) is 0 Å². The van der Waals surface area contributed by atoms with Crippen molar-refractivity contribution >= 4 is 11.9 Å². The SMILES string of the molecule is COC(=O)C1=C(C(N)=O)CCCC1.[H-].[K+]. The van der Waals surface area contributed by atoms with Crippen molar-refractivity contribution < 1.29 is 67.1 Å². The zero-order valence-corrected chi connectivity index (χ0v) is 11.8. The van der Waals surface area contributed by atoms with E-state index in [9.17, 15) is 9.59 Å². The predicted octanol–water partition coefficient (Wildman–Crippen LogP) is -2.37. The molecule has 0 radical (unpaired) electrons. The second-order valence-corrected chi connectivity index (χ2v) is 3.02. The number of carbonyl (C=O) groups is 2. The Hall–Kier alpha value is 0.316. The fraction of sp³-hybridized carbons (Fsp3) is 0.556. The zero-order valence-electron chi connectivity index (χ0n) is 9.63. The van der Waals surface area contributed by atoms with Gasteiger partial charge < -0.3 is 11.9 Å². The number of carbonyl (C=O) groups excluding carboxylic acids is 2. The van der Waals surface area contributed by atoms with Crippen molar-refractivity contribution in [2.45, 2.75) is 25.7 Å². The number of esters is 1. The first-order valence-electron chi connectivity index (χ1n) is 4.27. The summed E-state index contributed by atoms with van der Waals surface area (Å²) in [5.74, 6) is -0.923. The molecule has 0 saturated carbocycles. The van der Waals surface area contributed by atoms with Crippen molar-refractivity contribution in [1.82, 2.24) is 0 Å². The minimum absolute atomic E-state index is 0. The van der Waals surface area contributed by atoms with Crippen LogP contribution >= 0.6 is 0 Å². The molecule has 0 spiro atoms. The van der Waals surface area contributed by atoms with Gasteiger partial charge in [-0.05, 0) is 25.7 Å². The average molecular weight is 223 g/mol. The predicted molar refractivity (Wildman–Crippen MR) is 47.8 cm³/mol. The minimum atomic E-state index is -0.500. The second-order valence-electron chi connectivity index (χ2n) is 3.02. The van der Waals surface area contributed by atoms with Crippen LogP contribution in [0.1, 0.15) is 27.1 Å². The molecule has 1 amide bonds.